The van der Waals surface area contributed by atoms with E-state index < -0.39 is 0 Å². The Kier molecular flexibility index (Phi) is 5.38. The van der Waals surface area contributed by atoms with Crippen molar-refractivity contribution in [2.45, 2.75) is 25.3 Å². The lowest BCUT2D eigenvalue weighted by atomic mass is 9.89. The number of likely N-dealkylation sites (tertiary alicyclic amines) is 1. The molecule has 0 spiro atoms. The lowest BCUT2D eigenvalue weighted by Gasteiger charge is -2.35. The highest BCUT2D eigenvalue weighted by Crippen LogP contribution is 2.30. The molecule has 1 saturated heterocycles. The van der Waals surface area contributed by atoms with Gasteiger partial charge in [-0.25, -0.2) is 9.18 Å². The van der Waals surface area contributed by atoms with E-state index in [9.17, 15) is 14.0 Å². The first-order valence-electron chi connectivity index (χ1n) is 9.79. The number of hydrogen-bond donors (Lipinski definition) is 1. The third kappa shape index (κ3) is 4.18. The van der Waals surface area contributed by atoms with Crippen molar-refractivity contribution in [2.75, 3.05) is 32.1 Å². The molecule has 0 atom stereocenters. The molecule has 0 aromatic heterocycles. The Morgan fingerprint density at radius 2 is 1.90 bits per heavy atom. The summed E-state index contributed by atoms with van der Waals surface area (Å²) in [5.74, 6) is 0.820. The first-order chi connectivity index (χ1) is 14.0. The van der Waals surface area contributed by atoms with Crippen molar-refractivity contribution in [1.29, 1.82) is 0 Å². The number of urea groups is 1. The van der Waals surface area contributed by atoms with Crippen molar-refractivity contribution in [1.82, 2.24) is 9.80 Å². The molecular formula is C22H24FN3O3. The lowest BCUT2D eigenvalue weighted by molar-refractivity contribution is -0.132. The van der Waals surface area contributed by atoms with Gasteiger partial charge in [0.1, 0.15) is 18.1 Å². The molecule has 0 saturated carbocycles. The first-order valence-corrected chi connectivity index (χ1v) is 9.79. The summed E-state index contributed by atoms with van der Waals surface area (Å²) in [6, 6.07) is 12.0. The number of nitrogens with one attached hydrogen (secondary N) is 1. The van der Waals surface area contributed by atoms with Gasteiger partial charge in [0.05, 0.1) is 13.7 Å². The van der Waals surface area contributed by atoms with Crippen LogP contribution < -0.4 is 10.1 Å². The number of hydrogen-bond acceptors (Lipinski definition) is 3. The summed E-state index contributed by atoms with van der Waals surface area (Å²) in [6.07, 6.45) is 1.77. The molecule has 1 fully saturated rings. The van der Waals surface area contributed by atoms with Gasteiger partial charge in [0.15, 0.2) is 0 Å². The number of ether oxygens (including phenoxy) is 1. The number of benzene rings is 2. The van der Waals surface area contributed by atoms with Gasteiger partial charge in [-0.3, -0.25) is 4.79 Å². The molecule has 29 heavy (non-hydrogen) atoms. The third-order valence-corrected chi connectivity index (χ3v) is 5.72. The molecule has 0 unspecified atom stereocenters. The second-order valence-electron chi connectivity index (χ2n) is 7.52. The fourth-order valence-electron chi connectivity index (χ4n) is 4.02. The second kappa shape index (κ2) is 8.11. The lowest BCUT2D eigenvalue weighted by Crippen LogP contribution is -2.47. The zero-order valence-electron chi connectivity index (χ0n) is 16.4. The van der Waals surface area contributed by atoms with E-state index in [2.05, 4.69) is 17.4 Å². The molecule has 1 N–H and O–H groups in total. The summed E-state index contributed by atoms with van der Waals surface area (Å²) < 4.78 is 18.7. The molecular weight excluding hydrogens is 373 g/mol. The Hall–Kier alpha value is -3.09. The van der Waals surface area contributed by atoms with Crippen molar-refractivity contribution in [3.8, 4) is 5.75 Å². The van der Waals surface area contributed by atoms with Crippen molar-refractivity contribution >= 4 is 17.6 Å². The van der Waals surface area contributed by atoms with Crippen molar-refractivity contribution in [2.24, 2.45) is 0 Å². The van der Waals surface area contributed by atoms with Gasteiger partial charge in [-0.2, -0.15) is 0 Å². The highest BCUT2D eigenvalue weighted by molar-refractivity contribution is 5.94. The number of fused-ring (bicyclic) bond motifs is 1. The molecule has 2 aliphatic rings. The van der Waals surface area contributed by atoms with E-state index in [1.54, 1.807) is 13.2 Å². The van der Waals surface area contributed by atoms with Crippen LogP contribution in [0.4, 0.5) is 14.9 Å². The van der Waals surface area contributed by atoms with Crippen LogP contribution in [0.2, 0.25) is 0 Å². The number of nitrogens with zero attached hydrogens (tertiary/aromatic N) is 2. The molecule has 7 heteroatoms. The van der Waals surface area contributed by atoms with Gasteiger partial charge in [0.2, 0.25) is 5.91 Å². The van der Waals surface area contributed by atoms with Crippen molar-refractivity contribution in [3.63, 3.8) is 0 Å². The number of amides is 3. The van der Waals surface area contributed by atoms with E-state index in [-0.39, 0.29) is 30.8 Å². The van der Waals surface area contributed by atoms with Crippen LogP contribution in [0.5, 0.6) is 5.75 Å². The van der Waals surface area contributed by atoms with Crippen LogP contribution in [-0.2, 0) is 11.3 Å². The average molecular weight is 397 g/mol. The quantitative estimate of drug-likeness (QED) is 0.858. The smallest absolute Gasteiger partial charge is 0.322 e. The fraction of sp³-hybridized carbons (Fsp3) is 0.364. The summed E-state index contributed by atoms with van der Waals surface area (Å²) in [5, 5.41) is 2.72. The zero-order chi connectivity index (χ0) is 20.4. The number of rotatable bonds is 4. The molecule has 0 radical (unpaired) electrons. The first kappa shape index (κ1) is 19.2. The van der Waals surface area contributed by atoms with E-state index in [4.69, 9.17) is 4.74 Å². The van der Waals surface area contributed by atoms with Crippen LogP contribution in [-0.4, -0.2) is 48.5 Å². The Labute approximate surface area is 169 Å². The highest BCUT2D eigenvalue weighted by atomic mass is 19.1. The molecule has 152 valence electrons. The zero-order valence-corrected chi connectivity index (χ0v) is 16.4. The van der Waals surface area contributed by atoms with E-state index in [1.807, 2.05) is 17.0 Å². The molecule has 2 aromatic rings. The topological polar surface area (TPSA) is 61.9 Å². The number of carbonyl (C=O) groups excluding carboxylic acids is 2. The molecule has 4 rings (SSSR count). The molecule has 0 bridgehead atoms. The number of methoxy groups -OCH3 is 1. The third-order valence-electron chi connectivity index (χ3n) is 5.72. The molecule has 3 amide bonds. The van der Waals surface area contributed by atoms with Crippen molar-refractivity contribution < 1.29 is 18.7 Å². The fourth-order valence-corrected chi connectivity index (χ4v) is 4.02. The van der Waals surface area contributed by atoms with Crippen LogP contribution in [0.1, 0.15) is 29.9 Å². The maximum absolute atomic E-state index is 13.5. The number of halogens is 1. The number of piperidine rings is 1. The number of carbonyl (C=O) groups is 2. The van der Waals surface area contributed by atoms with Crippen LogP contribution >= 0.6 is 0 Å². The summed E-state index contributed by atoms with van der Waals surface area (Å²) in [4.78, 5) is 28.3. The minimum Gasteiger partial charge on any atom is -0.497 e. The Bertz CT molecular complexity index is 908. The van der Waals surface area contributed by atoms with Gasteiger partial charge in [0.25, 0.3) is 0 Å². The summed E-state index contributed by atoms with van der Waals surface area (Å²) in [6.45, 7) is 1.55. The Balaban J connectivity index is 1.33. The summed E-state index contributed by atoms with van der Waals surface area (Å²) >= 11 is 0. The SMILES string of the molecule is COc1ccc(C2CCN(C(=O)CN3Cc4cc(F)ccc4NC3=O)CC2)cc1. The van der Waals surface area contributed by atoms with E-state index in [0.717, 1.165) is 18.6 Å². The van der Waals surface area contributed by atoms with Crippen LogP contribution in [0, 0.1) is 5.82 Å². The minimum atomic E-state index is -0.355. The molecule has 2 aromatic carbocycles. The largest absolute Gasteiger partial charge is 0.497 e. The summed E-state index contributed by atoms with van der Waals surface area (Å²) in [7, 11) is 1.65. The Morgan fingerprint density at radius 1 is 1.17 bits per heavy atom. The standard InChI is InChI=1S/C22H24FN3O3/c1-29-19-5-2-15(3-6-19)16-8-10-25(11-9-16)21(27)14-26-13-17-12-18(23)4-7-20(17)24-22(26)28/h2-7,12,16H,8-11,13-14H2,1H3,(H,24,28). The maximum atomic E-state index is 13.5. The molecule has 6 nitrogen and oxygen atoms in total. The van der Waals surface area contributed by atoms with Gasteiger partial charge in [-0.15, -0.1) is 0 Å². The summed E-state index contributed by atoms with van der Waals surface area (Å²) in [5.41, 5.74) is 2.53. The van der Waals surface area contributed by atoms with Crippen LogP contribution in [0.25, 0.3) is 0 Å². The molecule has 2 heterocycles. The average Bonchev–Trinajstić information content (AvgIpc) is 2.75. The van der Waals surface area contributed by atoms with E-state index in [0.29, 0.717) is 30.3 Å². The highest BCUT2D eigenvalue weighted by Gasteiger charge is 2.29. The van der Waals surface area contributed by atoms with E-state index >= 15 is 0 Å². The second-order valence-corrected chi connectivity index (χ2v) is 7.52. The normalized spacial score (nSPS) is 17.0. The predicted molar refractivity (Wildman–Crippen MR) is 107 cm³/mol. The van der Waals surface area contributed by atoms with Gasteiger partial charge in [0, 0.05) is 18.8 Å². The van der Waals surface area contributed by atoms with Crippen LogP contribution in [0.15, 0.2) is 42.5 Å². The minimum absolute atomic E-state index is 0.00497. The van der Waals surface area contributed by atoms with Crippen LogP contribution in [0.3, 0.4) is 0 Å². The van der Waals surface area contributed by atoms with Gasteiger partial charge < -0.3 is 19.9 Å². The predicted octanol–water partition coefficient (Wildman–Crippen LogP) is 3.59. The van der Waals surface area contributed by atoms with Crippen molar-refractivity contribution in [3.05, 3.63) is 59.4 Å². The Morgan fingerprint density at radius 3 is 2.59 bits per heavy atom. The monoisotopic (exact) mass is 397 g/mol. The molecule has 0 aliphatic carbocycles. The van der Waals surface area contributed by atoms with Gasteiger partial charge in [-0.05, 0) is 60.2 Å². The molecule has 2 aliphatic heterocycles. The van der Waals surface area contributed by atoms with E-state index in [1.165, 1.54) is 22.6 Å². The maximum Gasteiger partial charge on any atom is 0.322 e. The van der Waals surface area contributed by atoms with Gasteiger partial charge in [-0.1, -0.05) is 12.1 Å². The number of anilines is 1. The van der Waals surface area contributed by atoms with Gasteiger partial charge >= 0.3 is 6.03 Å².